The van der Waals surface area contributed by atoms with Crippen LogP contribution in [0.25, 0.3) is 5.57 Å². The molecule has 1 amide bonds. The predicted octanol–water partition coefficient (Wildman–Crippen LogP) is 5.82. The van der Waals surface area contributed by atoms with Gasteiger partial charge in [0.1, 0.15) is 19.0 Å². The van der Waals surface area contributed by atoms with E-state index in [0.29, 0.717) is 24.9 Å². The maximum atomic E-state index is 13.9. The van der Waals surface area contributed by atoms with E-state index in [1.54, 1.807) is 12.1 Å². The Balaban J connectivity index is 0.00000135. The second kappa shape index (κ2) is 14.7. The van der Waals surface area contributed by atoms with E-state index in [9.17, 15) is 18.0 Å². The van der Waals surface area contributed by atoms with Gasteiger partial charge in [0.15, 0.2) is 17.4 Å². The minimum atomic E-state index is -1.36. The van der Waals surface area contributed by atoms with Gasteiger partial charge in [0.25, 0.3) is 12.4 Å². The lowest BCUT2D eigenvalue weighted by molar-refractivity contribution is -0.128. The summed E-state index contributed by atoms with van der Waals surface area (Å²) in [5.74, 6) is -3.64. The van der Waals surface area contributed by atoms with Gasteiger partial charge < -0.3 is 24.8 Å². The fourth-order valence-corrected chi connectivity index (χ4v) is 5.00. The van der Waals surface area contributed by atoms with Gasteiger partial charge in [-0.1, -0.05) is 30.3 Å². The largest absolute Gasteiger partial charge is 0.490 e. The summed E-state index contributed by atoms with van der Waals surface area (Å²) in [6.07, 6.45) is 2.80. The van der Waals surface area contributed by atoms with Crippen LogP contribution in [0.3, 0.4) is 0 Å². The normalized spacial score (nSPS) is 14.4. The number of nitrogens with one attached hydrogen (secondary N) is 1. The molecule has 0 radical (unpaired) electrons. The summed E-state index contributed by atoms with van der Waals surface area (Å²) >= 11 is 0. The van der Waals surface area contributed by atoms with E-state index in [4.69, 9.17) is 19.4 Å². The lowest BCUT2D eigenvalue weighted by Gasteiger charge is -2.29. The Morgan fingerprint density at radius 2 is 1.67 bits per heavy atom. The first kappa shape index (κ1) is 31.6. The van der Waals surface area contributed by atoms with Crippen molar-refractivity contribution in [3.05, 3.63) is 99.9 Å². The van der Waals surface area contributed by atoms with Crippen molar-refractivity contribution in [3.8, 4) is 11.5 Å². The number of hydrogen-bond donors (Lipinski definition) is 2. The van der Waals surface area contributed by atoms with Crippen molar-refractivity contribution < 1.29 is 37.3 Å². The zero-order valence-electron chi connectivity index (χ0n) is 24.2. The molecule has 0 spiro atoms. The molecule has 43 heavy (non-hydrogen) atoms. The zero-order chi connectivity index (χ0) is 30.9. The summed E-state index contributed by atoms with van der Waals surface area (Å²) in [6.45, 7) is 5.72. The second-order valence-electron chi connectivity index (χ2n) is 10.4. The SMILES string of the molecule is Cc1cccc(CN(C(=O)C2=C(c3ccc(OCCOc4c(F)ccc(F)c4F)cc3)CCNC2)C2CC2)c1C.O=CO. The topological polar surface area (TPSA) is 88.1 Å². The molecule has 1 saturated carbocycles. The molecule has 3 aromatic carbocycles. The lowest BCUT2D eigenvalue weighted by Crippen LogP contribution is -2.39. The van der Waals surface area contributed by atoms with Crippen molar-refractivity contribution in [1.29, 1.82) is 0 Å². The van der Waals surface area contributed by atoms with Crippen LogP contribution in [0, 0.1) is 31.3 Å². The first-order valence-corrected chi connectivity index (χ1v) is 14.1. The van der Waals surface area contributed by atoms with E-state index in [0.717, 1.165) is 48.6 Å². The van der Waals surface area contributed by atoms with E-state index in [2.05, 4.69) is 31.3 Å². The van der Waals surface area contributed by atoms with Gasteiger partial charge in [-0.05, 0) is 91.7 Å². The number of carbonyl (C=O) groups excluding carboxylic acids is 1. The molecule has 0 saturated heterocycles. The van der Waals surface area contributed by atoms with Crippen molar-refractivity contribution >= 4 is 18.0 Å². The minimum Gasteiger partial charge on any atom is -0.490 e. The predicted molar refractivity (Wildman–Crippen MR) is 156 cm³/mol. The molecule has 1 aliphatic heterocycles. The molecule has 228 valence electrons. The fraction of sp³-hybridized carbons (Fsp3) is 0.333. The molecule has 0 unspecified atom stereocenters. The number of amides is 1. The van der Waals surface area contributed by atoms with Crippen LogP contribution in [-0.2, 0) is 16.1 Å². The Bertz CT molecular complexity index is 1470. The van der Waals surface area contributed by atoms with Crippen molar-refractivity contribution in [3.63, 3.8) is 0 Å². The zero-order valence-corrected chi connectivity index (χ0v) is 24.2. The second-order valence-corrected chi connectivity index (χ2v) is 10.4. The maximum absolute atomic E-state index is 13.9. The number of ether oxygens (including phenoxy) is 2. The lowest BCUT2D eigenvalue weighted by atomic mass is 9.93. The summed E-state index contributed by atoms with van der Waals surface area (Å²) in [5, 5.41) is 10.3. The third kappa shape index (κ3) is 7.95. The van der Waals surface area contributed by atoms with Gasteiger partial charge in [0, 0.05) is 24.7 Å². The molecule has 2 N–H and O–H groups in total. The summed E-state index contributed by atoms with van der Waals surface area (Å²) in [4.78, 5) is 24.3. The number of carboxylic acid groups (broad SMARTS) is 1. The van der Waals surface area contributed by atoms with E-state index in [1.807, 2.05) is 23.1 Å². The van der Waals surface area contributed by atoms with Gasteiger partial charge in [-0.15, -0.1) is 0 Å². The number of halogens is 3. The molecule has 2 aliphatic rings. The molecule has 7 nitrogen and oxygen atoms in total. The van der Waals surface area contributed by atoms with Gasteiger partial charge >= 0.3 is 0 Å². The molecular formula is C33H35F3N2O5. The summed E-state index contributed by atoms with van der Waals surface area (Å²) in [5.41, 5.74) is 6.41. The number of hydrogen-bond acceptors (Lipinski definition) is 5. The molecule has 0 atom stereocenters. The third-order valence-corrected chi connectivity index (χ3v) is 7.59. The first-order chi connectivity index (χ1) is 20.7. The van der Waals surface area contributed by atoms with Crippen LogP contribution in [0.5, 0.6) is 11.5 Å². The van der Waals surface area contributed by atoms with Gasteiger partial charge in [-0.25, -0.2) is 8.78 Å². The molecule has 10 heteroatoms. The van der Waals surface area contributed by atoms with Crippen molar-refractivity contribution in [2.75, 3.05) is 26.3 Å². The highest BCUT2D eigenvalue weighted by Gasteiger charge is 2.35. The average Bonchev–Trinajstić information content (AvgIpc) is 3.85. The van der Waals surface area contributed by atoms with Crippen molar-refractivity contribution in [1.82, 2.24) is 10.2 Å². The highest BCUT2D eigenvalue weighted by molar-refractivity contribution is 6.02. The molecular weight excluding hydrogens is 561 g/mol. The molecule has 3 aromatic rings. The monoisotopic (exact) mass is 596 g/mol. The molecule has 1 heterocycles. The summed E-state index contributed by atoms with van der Waals surface area (Å²) < 4.78 is 51.5. The molecule has 5 rings (SSSR count). The summed E-state index contributed by atoms with van der Waals surface area (Å²) in [6, 6.07) is 15.5. The average molecular weight is 597 g/mol. The van der Waals surface area contributed by atoms with Crippen LogP contribution in [-0.4, -0.2) is 54.7 Å². The van der Waals surface area contributed by atoms with Crippen LogP contribution in [0.15, 0.2) is 60.2 Å². The Morgan fingerprint density at radius 1 is 1.00 bits per heavy atom. The highest BCUT2D eigenvalue weighted by atomic mass is 19.2. The van der Waals surface area contributed by atoms with Gasteiger partial charge in [-0.2, -0.15) is 4.39 Å². The van der Waals surface area contributed by atoms with Crippen molar-refractivity contribution in [2.45, 2.75) is 45.7 Å². The number of nitrogens with zero attached hydrogens (tertiary/aromatic N) is 1. The van der Waals surface area contributed by atoms with Gasteiger partial charge in [-0.3, -0.25) is 9.59 Å². The quantitative estimate of drug-likeness (QED) is 0.174. The Kier molecular flexibility index (Phi) is 10.8. The van der Waals surface area contributed by atoms with Crippen LogP contribution in [0.4, 0.5) is 13.2 Å². The third-order valence-electron chi connectivity index (χ3n) is 7.59. The number of rotatable bonds is 10. The summed E-state index contributed by atoms with van der Waals surface area (Å²) in [7, 11) is 0. The smallest absolute Gasteiger partial charge is 0.290 e. The number of carbonyl (C=O) groups is 2. The number of benzene rings is 3. The van der Waals surface area contributed by atoms with Crippen molar-refractivity contribution in [2.24, 2.45) is 0 Å². The molecule has 0 aromatic heterocycles. The molecule has 1 aliphatic carbocycles. The standard InChI is InChI=1S/C32H33F3N2O3.CH2O2/c1-20-4-3-5-23(21(20)2)19-37(24-8-9-24)32(38)27-18-36-15-14-26(27)22-6-10-25(11-7-22)39-16-17-40-31-29(34)13-12-28(33)30(31)35;2-1-3/h3-7,10-13,24,36H,8-9,14-19H2,1-2H3;1H,(H,2,3). The minimum absolute atomic E-state index is 0.0137. The van der Waals surface area contributed by atoms with E-state index >= 15 is 0 Å². The van der Waals surface area contributed by atoms with Gasteiger partial charge in [0.05, 0.1) is 0 Å². The highest BCUT2D eigenvalue weighted by Crippen LogP contribution is 2.34. The maximum Gasteiger partial charge on any atom is 0.290 e. The fourth-order valence-electron chi connectivity index (χ4n) is 5.00. The first-order valence-electron chi connectivity index (χ1n) is 14.1. The molecule has 0 bridgehead atoms. The number of aryl methyl sites for hydroxylation is 1. The van der Waals surface area contributed by atoms with E-state index in [1.165, 1.54) is 16.7 Å². The van der Waals surface area contributed by atoms with Crippen LogP contribution < -0.4 is 14.8 Å². The van der Waals surface area contributed by atoms with Gasteiger partial charge in [0.2, 0.25) is 5.82 Å². The van der Waals surface area contributed by atoms with E-state index < -0.39 is 23.2 Å². The van der Waals surface area contributed by atoms with Crippen LogP contribution in [0.1, 0.15) is 41.5 Å². The Morgan fingerprint density at radius 3 is 2.37 bits per heavy atom. The van der Waals surface area contributed by atoms with Crippen LogP contribution >= 0.6 is 0 Å². The van der Waals surface area contributed by atoms with Crippen LogP contribution in [0.2, 0.25) is 0 Å². The Hall–Kier alpha value is -4.31. The Labute approximate surface area is 248 Å². The van der Waals surface area contributed by atoms with E-state index in [-0.39, 0.29) is 31.6 Å². The molecule has 1 fully saturated rings.